The lowest BCUT2D eigenvalue weighted by Gasteiger charge is -2.17. The van der Waals surface area contributed by atoms with E-state index >= 15 is 0 Å². The fraction of sp³-hybridized carbons (Fsp3) is 0.286. The van der Waals surface area contributed by atoms with Crippen molar-refractivity contribution in [3.05, 3.63) is 41.7 Å². The first kappa shape index (κ1) is 15.4. The summed E-state index contributed by atoms with van der Waals surface area (Å²) in [6.45, 7) is 2.25. The number of nitrogens with two attached hydrogens (primary N) is 1. The number of nitrogens with one attached hydrogen (secondary N) is 2. The van der Waals surface area contributed by atoms with Gasteiger partial charge in [0.05, 0.1) is 5.69 Å². The van der Waals surface area contributed by atoms with Crippen molar-refractivity contribution in [3.8, 4) is 0 Å². The molecule has 1 heterocycles. The molecule has 4 N–H and O–H groups in total. The van der Waals surface area contributed by atoms with E-state index in [1.807, 2.05) is 38.1 Å². The second-order valence-corrected chi connectivity index (χ2v) is 6.75. The smallest absolute Gasteiger partial charge is 0.263 e. The molecule has 0 aliphatic heterocycles. The van der Waals surface area contributed by atoms with Crippen LogP contribution in [0.25, 0.3) is 0 Å². The first-order valence-corrected chi connectivity index (χ1v) is 8.00. The van der Waals surface area contributed by atoms with Gasteiger partial charge in [0.2, 0.25) is 0 Å². The number of hydrogen-bond donors (Lipinski definition) is 3. The summed E-state index contributed by atoms with van der Waals surface area (Å²) in [7, 11) is 0.221. The summed E-state index contributed by atoms with van der Waals surface area (Å²) in [4.78, 5) is 4.95. The van der Waals surface area contributed by atoms with Crippen molar-refractivity contribution >= 4 is 21.4 Å². The minimum atomic E-state index is -3.61. The van der Waals surface area contributed by atoms with Crippen molar-refractivity contribution in [1.82, 2.24) is 4.98 Å². The zero-order chi connectivity index (χ0) is 15.6. The van der Waals surface area contributed by atoms with Crippen LogP contribution in [-0.2, 0) is 16.6 Å². The van der Waals surface area contributed by atoms with Gasteiger partial charge in [0.15, 0.2) is 0 Å². The zero-order valence-corrected chi connectivity index (χ0v) is 13.2. The Balaban J connectivity index is 2.30. The monoisotopic (exact) mass is 308 g/mol. The molecule has 1 aromatic heterocycles. The minimum absolute atomic E-state index is 0.176. The van der Waals surface area contributed by atoms with Crippen molar-refractivity contribution in [3.63, 3.8) is 0 Å². The van der Waals surface area contributed by atoms with E-state index in [9.17, 15) is 8.42 Å². The maximum Gasteiger partial charge on any atom is 0.263 e. The van der Waals surface area contributed by atoms with Crippen molar-refractivity contribution in [1.29, 1.82) is 0 Å². The molecule has 0 unspecified atom stereocenters. The average Bonchev–Trinajstić information content (AvgIpc) is 2.90. The molecule has 0 atom stereocenters. The Bertz CT molecular complexity index is 735. The molecule has 0 fully saturated rings. The van der Waals surface area contributed by atoms with E-state index in [0.29, 0.717) is 11.4 Å². The molecule has 0 bridgehead atoms. The number of sulfonamides is 1. The molecule has 0 spiro atoms. The van der Waals surface area contributed by atoms with Gasteiger partial charge in [-0.3, -0.25) is 4.72 Å². The number of hydrogen-bond acceptors (Lipinski definition) is 4. The van der Waals surface area contributed by atoms with Gasteiger partial charge in [-0.15, -0.1) is 0 Å². The molecule has 1 aromatic carbocycles. The quantitative estimate of drug-likeness (QED) is 0.783. The molecule has 0 saturated carbocycles. The van der Waals surface area contributed by atoms with E-state index in [1.165, 1.54) is 12.3 Å². The summed E-state index contributed by atoms with van der Waals surface area (Å²) in [5.41, 5.74) is 8.72. The molecule has 0 radical (unpaired) electrons. The molecular formula is C14H20N4O2S. The molecule has 0 aliphatic carbocycles. The van der Waals surface area contributed by atoms with Crippen molar-refractivity contribution in [2.75, 3.05) is 23.7 Å². The second kappa shape index (κ2) is 5.79. The zero-order valence-electron chi connectivity index (χ0n) is 12.3. The van der Waals surface area contributed by atoms with Crippen LogP contribution in [-0.4, -0.2) is 27.5 Å². The molecule has 21 heavy (non-hydrogen) atoms. The summed E-state index contributed by atoms with van der Waals surface area (Å²) >= 11 is 0. The van der Waals surface area contributed by atoms with Crippen LogP contribution in [0.4, 0.5) is 11.4 Å². The Hall–Kier alpha value is -1.99. The fourth-order valence-electron chi connectivity index (χ4n) is 2.06. The number of H-pyrrole nitrogens is 1. The van der Waals surface area contributed by atoms with Crippen LogP contribution in [0.2, 0.25) is 0 Å². The van der Waals surface area contributed by atoms with E-state index < -0.39 is 10.0 Å². The van der Waals surface area contributed by atoms with Gasteiger partial charge in [0.1, 0.15) is 4.90 Å². The lowest BCUT2D eigenvalue weighted by atomic mass is 10.2. The minimum Gasteiger partial charge on any atom is -0.377 e. The third-order valence-electron chi connectivity index (χ3n) is 3.19. The third-order valence-corrected chi connectivity index (χ3v) is 4.55. The van der Waals surface area contributed by atoms with Crippen molar-refractivity contribution < 1.29 is 8.42 Å². The number of rotatable bonds is 5. The standard InChI is InChI=1S/C14H20N4O2S/c1-10-4-5-11(7-14(10)18(2)3)17-21(19,20)13-6-12(8-15)16-9-13/h4-7,9,16-17H,8,15H2,1-3H3. The number of benzene rings is 1. The van der Waals surface area contributed by atoms with E-state index in [2.05, 4.69) is 9.71 Å². The molecule has 6 nitrogen and oxygen atoms in total. The van der Waals surface area contributed by atoms with E-state index in [4.69, 9.17) is 5.73 Å². The van der Waals surface area contributed by atoms with Crippen LogP contribution in [0.1, 0.15) is 11.3 Å². The Labute approximate surface area is 125 Å². The average molecular weight is 308 g/mol. The summed E-state index contributed by atoms with van der Waals surface area (Å²) in [6.07, 6.45) is 1.44. The number of aryl methyl sites for hydroxylation is 1. The number of nitrogens with zero attached hydrogens (tertiary/aromatic N) is 1. The van der Waals surface area contributed by atoms with Crippen molar-refractivity contribution in [2.24, 2.45) is 5.73 Å². The van der Waals surface area contributed by atoms with Crippen LogP contribution in [0, 0.1) is 6.92 Å². The highest BCUT2D eigenvalue weighted by Gasteiger charge is 2.16. The molecule has 0 amide bonds. The summed E-state index contributed by atoms with van der Waals surface area (Å²) in [5.74, 6) is 0. The summed E-state index contributed by atoms with van der Waals surface area (Å²) in [5, 5.41) is 0. The first-order chi connectivity index (χ1) is 9.83. The number of anilines is 2. The van der Waals surface area contributed by atoms with Crippen LogP contribution in [0.3, 0.4) is 0 Å². The topological polar surface area (TPSA) is 91.2 Å². The highest BCUT2D eigenvalue weighted by Crippen LogP contribution is 2.24. The van der Waals surface area contributed by atoms with Crippen LogP contribution >= 0.6 is 0 Å². The largest absolute Gasteiger partial charge is 0.377 e. The van der Waals surface area contributed by atoms with Gasteiger partial charge < -0.3 is 15.6 Å². The SMILES string of the molecule is Cc1ccc(NS(=O)(=O)c2c[nH]c(CN)c2)cc1N(C)C. The lowest BCUT2D eigenvalue weighted by molar-refractivity contribution is 0.601. The van der Waals surface area contributed by atoms with Crippen LogP contribution < -0.4 is 15.4 Å². The predicted molar refractivity (Wildman–Crippen MR) is 85.0 cm³/mol. The van der Waals surface area contributed by atoms with Gasteiger partial charge in [-0.2, -0.15) is 0 Å². The van der Waals surface area contributed by atoms with Gasteiger partial charge in [0.25, 0.3) is 10.0 Å². The highest BCUT2D eigenvalue weighted by atomic mass is 32.2. The summed E-state index contributed by atoms with van der Waals surface area (Å²) in [6, 6.07) is 6.97. The fourth-order valence-corrected chi connectivity index (χ4v) is 3.13. The molecule has 7 heteroatoms. The number of aromatic amines is 1. The normalized spacial score (nSPS) is 11.4. The molecule has 0 aliphatic rings. The van der Waals surface area contributed by atoms with Gasteiger partial charge in [-0.05, 0) is 30.7 Å². The summed E-state index contributed by atoms with van der Waals surface area (Å²) < 4.78 is 27.2. The van der Waals surface area contributed by atoms with Gasteiger partial charge >= 0.3 is 0 Å². The first-order valence-electron chi connectivity index (χ1n) is 6.51. The molecule has 0 saturated heterocycles. The molecule has 114 valence electrons. The van der Waals surface area contributed by atoms with E-state index in [1.54, 1.807) is 6.07 Å². The molecular weight excluding hydrogens is 288 g/mol. The van der Waals surface area contributed by atoms with Crippen LogP contribution in [0.5, 0.6) is 0 Å². The van der Waals surface area contributed by atoms with E-state index in [0.717, 1.165) is 11.3 Å². The van der Waals surface area contributed by atoms with Gasteiger partial charge in [-0.1, -0.05) is 6.07 Å². The molecule has 2 rings (SSSR count). The highest BCUT2D eigenvalue weighted by molar-refractivity contribution is 7.92. The lowest BCUT2D eigenvalue weighted by Crippen LogP contribution is -2.14. The van der Waals surface area contributed by atoms with Gasteiger partial charge in [0, 0.05) is 38.2 Å². The Morgan fingerprint density at radius 3 is 2.57 bits per heavy atom. The third kappa shape index (κ3) is 3.37. The predicted octanol–water partition coefficient (Wildman–Crippen LogP) is 1.65. The Morgan fingerprint density at radius 2 is 2.00 bits per heavy atom. The van der Waals surface area contributed by atoms with Crippen LogP contribution in [0.15, 0.2) is 35.4 Å². The second-order valence-electron chi connectivity index (χ2n) is 5.07. The Morgan fingerprint density at radius 1 is 1.29 bits per heavy atom. The van der Waals surface area contributed by atoms with Crippen molar-refractivity contribution in [2.45, 2.75) is 18.4 Å². The maximum absolute atomic E-state index is 12.3. The maximum atomic E-state index is 12.3. The number of aromatic nitrogens is 1. The Kier molecular flexibility index (Phi) is 4.24. The van der Waals surface area contributed by atoms with E-state index in [-0.39, 0.29) is 11.4 Å². The molecule has 2 aromatic rings. The van der Waals surface area contributed by atoms with Gasteiger partial charge in [-0.25, -0.2) is 8.42 Å².